The third-order valence-corrected chi connectivity index (χ3v) is 2.76. The van der Waals surface area contributed by atoms with Crippen molar-refractivity contribution in [2.75, 3.05) is 17.7 Å². The van der Waals surface area contributed by atoms with Gasteiger partial charge in [-0.15, -0.1) is 0 Å². The minimum Gasteiger partial charge on any atom is -0.464 e. The van der Waals surface area contributed by atoms with Crippen molar-refractivity contribution in [3.05, 3.63) is 29.3 Å². The summed E-state index contributed by atoms with van der Waals surface area (Å²) in [6, 6.07) is 6.21. The van der Waals surface area contributed by atoms with Crippen LogP contribution in [-0.4, -0.2) is 21.6 Å². The molecule has 0 radical (unpaired) electrons. The molecule has 0 amide bonds. The van der Waals surface area contributed by atoms with E-state index < -0.39 is 0 Å². The van der Waals surface area contributed by atoms with Crippen LogP contribution in [0.5, 0.6) is 6.01 Å². The minimum absolute atomic E-state index is 0.131. The van der Waals surface area contributed by atoms with E-state index in [0.717, 1.165) is 11.3 Å². The summed E-state index contributed by atoms with van der Waals surface area (Å²) in [5.41, 5.74) is 8.90. The lowest BCUT2D eigenvalue weighted by atomic mass is 10.1. The van der Waals surface area contributed by atoms with Gasteiger partial charge in [0, 0.05) is 5.69 Å². The molecule has 2 rings (SSSR count). The summed E-state index contributed by atoms with van der Waals surface area (Å²) in [5.74, 6) is 0.510. The molecule has 19 heavy (non-hydrogen) atoms. The van der Waals surface area contributed by atoms with Crippen LogP contribution in [0.4, 0.5) is 17.6 Å². The molecule has 2 aromatic rings. The highest BCUT2D eigenvalue weighted by Crippen LogP contribution is 2.21. The van der Waals surface area contributed by atoms with Gasteiger partial charge in [-0.05, 0) is 38.0 Å². The number of hydrogen-bond acceptors (Lipinski definition) is 6. The fourth-order valence-electron chi connectivity index (χ4n) is 1.63. The Kier molecular flexibility index (Phi) is 3.79. The quantitative estimate of drug-likeness (QED) is 0.875. The lowest BCUT2D eigenvalue weighted by molar-refractivity contribution is 0.312. The summed E-state index contributed by atoms with van der Waals surface area (Å²) < 4.78 is 5.24. The Bertz CT molecular complexity index is 585. The lowest BCUT2D eigenvalue weighted by Gasteiger charge is -2.11. The van der Waals surface area contributed by atoms with Gasteiger partial charge in [-0.2, -0.15) is 15.0 Å². The standard InChI is InChI=1S/C13H17N5O/c1-4-19-13-17-11(14)16-12(18-13)15-10-7-5-6-8(2)9(10)3/h5-7H,4H2,1-3H3,(H3,14,15,16,17,18). The molecule has 0 aliphatic rings. The van der Waals surface area contributed by atoms with Crippen LogP contribution in [0.1, 0.15) is 18.1 Å². The number of anilines is 3. The van der Waals surface area contributed by atoms with E-state index in [-0.39, 0.29) is 12.0 Å². The van der Waals surface area contributed by atoms with Gasteiger partial charge in [0.2, 0.25) is 11.9 Å². The molecule has 0 fully saturated rings. The van der Waals surface area contributed by atoms with E-state index in [9.17, 15) is 0 Å². The molecular formula is C13H17N5O. The molecule has 1 heterocycles. The molecule has 0 bridgehead atoms. The molecule has 3 N–H and O–H groups in total. The molecule has 0 spiro atoms. The van der Waals surface area contributed by atoms with Crippen molar-refractivity contribution in [2.24, 2.45) is 0 Å². The number of nitrogens with zero attached hydrogens (tertiary/aromatic N) is 3. The van der Waals surface area contributed by atoms with Crippen molar-refractivity contribution in [1.29, 1.82) is 0 Å². The average Bonchev–Trinajstić information content (AvgIpc) is 2.35. The second kappa shape index (κ2) is 5.51. The predicted molar refractivity (Wildman–Crippen MR) is 74.6 cm³/mol. The Labute approximate surface area is 112 Å². The molecule has 0 atom stereocenters. The van der Waals surface area contributed by atoms with E-state index >= 15 is 0 Å². The number of nitrogen functional groups attached to an aromatic ring is 1. The van der Waals surface area contributed by atoms with Gasteiger partial charge in [0.05, 0.1) is 6.61 Å². The number of aryl methyl sites for hydroxylation is 1. The SMILES string of the molecule is CCOc1nc(N)nc(Nc2cccc(C)c2C)n1. The summed E-state index contributed by atoms with van der Waals surface area (Å²) in [5, 5.41) is 3.13. The topological polar surface area (TPSA) is 86.0 Å². The molecule has 0 unspecified atom stereocenters. The Morgan fingerprint density at radius 1 is 1.21 bits per heavy atom. The highest BCUT2D eigenvalue weighted by molar-refractivity contribution is 5.60. The summed E-state index contributed by atoms with van der Waals surface area (Å²) >= 11 is 0. The van der Waals surface area contributed by atoms with Crippen LogP contribution < -0.4 is 15.8 Å². The Hall–Kier alpha value is -2.37. The molecule has 0 saturated heterocycles. The second-order valence-corrected chi connectivity index (χ2v) is 4.11. The van der Waals surface area contributed by atoms with Gasteiger partial charge in [-0.25, -0.2) is 0 Å². The van der Waals surface area contributed by atoms with Gasteiger partial charge >= 0.3 is 6.01 Å². The van der Waals surface area contributed by atoms with Crippen molar-refractivity contribution in [3.8, 4) is 6.01 Å². The first kappa shape index (κ1) is 13.1. The van der Waals surface area contributed by atoms with Gasteiger partial charge in [0.1, 0.15) is 0 Å². The number of benzene rings is 1. The first-order valence-corrected chi connectivity index (χ1v) is 6.07. The first-order chi connectivity index (χ1) is 9.10. The summed E-state index contributed by atoms with van der Waals surface area (Å²) in [7, 11) is 0. The molecule has 0 aliphatic carbocycles. The van der Waals surface area contributed by atoms with E-state index in [1.54, 1.807) is 0 Å². The number of hydrogen-bond donors (Lipinski definition) is 2. The van der Waals surface area contributed by atoms with Gasteiger partial charge in [0.25, 0.3) is 0 Å². The highest BCUT2D eigenvalue weighted by atomic mass is 16.5. The lowest BCUT2D eigenvalue weighted by Crippen LogP contribution is -2.07. The maximum Gasteiger partial charge on any atom is 0.323 e. The van der Waals surface area contributed by atoms with E-state index in [2.05, 4.69) is 20.3 Å². The fourth-order valence-corrected chi connectivity index (χ4v) is 1.63. The number of aromatic nitrogens is 3. The van der Waals surface area contributed by atoms with Crippen LogP contribution in [0.3, 0.4) is 0 Å². The van der Waals surface area contributed by atoms with Crippen LogP contribution in [0.2, 0.25) is 0 Å². The van der Waals surface area contributed by atoms with Gasteiger partial charge < -0.3 is 15.8 Å². The van der Waals surface area contributed by atoms with Crippen molar-refractivity contribution < 1.29 is 4.74 Å². The Balaban J connectivity index is 2.30. The van der Waals surface area contributed by atoms with Gasteiger partial charge in [0.15, 0.2) is 0 Å². The monoisotopic (exact) mass is 259 g/mol. The van der Waals surface area contributed by atoms with E-state index in [1.165, 1.54) is 5.56 Å². The summed E-state index contributed by atoms with van der Waals surface area (Å²) in [6.07, 6.45) is 0. The van der Waals surface area contributed by atoms with Crippen molar-refractivity contribution in [3.63, 3.8) is 0 Å². The molecule has 0 aliphatic heterocycles. The van der Waals surface area contributed by atoms with E-state index in [0.29, 0.717) is 12.6 Å². The summed E-state index contributed by atoms with van der Waals surface area (Å²) in [4.78, 5) is 12.1. The molecule has 1 aromatic heterocycles. The van der Waals surface area contributed by atoms with Gasteiger partial charge in [-0.1, -0.05) is 12.1 Å². The van der Waals surface area contributed by atoms with Crippen LogP contribution >= 0.6 is 0 Å². The maximum atomic E-state index is 5.63. The normalized spacial score (nSPS) is 10.3. The highest BCUT2D eigenvalue weighted by Gasteiger charge is 2.07. The third-order valence-electron chi connectivity index (χ3n) is 2.76. The number of rotatable bonds is 4. The number of ether oxygens (including phenoxy) is 1. The summed E-state index contributed by atoms with van der Waals surface area (Å²) in [6.45, 7) is 6.42. The fraction of sp³-hybridized carbons (Fsp3) is 0.308. The Morgan fingerprint density at radius 3 is 2.74 bits per heavy atom. The number of nitrogens with one attached hydrogen (secondary N) is 1. The zero-order valence-electron chi connectivity index (χ0n) is 11.3. The van der Waals surface area contributed by atoms with E-state index in [1.807, 2.05) is 39.0 Å². The zero-order valence-corrected chi connectivity index (χ0v) is 11.3. The van der Waals surface area contributed by atoms with Crippen molar-refractivity contribution >= 4 is 17.6 Å². The molecule has 100 valence electrons. The largest absolute Gasteiger partial charge is 0.464 e. The van der Waals surface area contributed by atoms with Crippen LogP contribution in [0.25, 0.3) is 0 Å². The van der Waals surface area contributed by atoms with Gasteiger partial charge in [-0.3, -0.25) is 0 Å². The first-order valence-electron chi connectivity index (χ1n) is 6.07. The number of nitrogens with two attached hydrogens (primary N) is 1. The molecule has 0 saturated carbocycles. The predicted octanol–water partition coefficient (Wildman–Crippen LogP) is 2.21. The second-order valence-electron chi connectivity index (χ2n) is 4.11. The third kappa shape index (κ3) is 3.09. The molecule has 1 aromatic carbocycles. The molecule has 6 nitrogen and oxygen atoms in total. The van der Waals surface area contributed by atoms with Crippen LogP contribution in [0.15, 0.2) is 18.2 Å². The van der Waals surface area contributed by atoms with E-state index in [4.69, 9.17) is 10.5 Å². The molecular weight excluding hydrogens is 242 g/mol. The van der Waals surface area contributed by atoms with Crippen molar-refractivity contribution in [1.82, 2.24) is 15.0 Å². The smallest absolute Gasteiger partial charge is 0.323 e. The zero-order chi connectivity index (χ0) is 13.8. The minimum atomic E-state index is 0.131. The molecule has 6 heteroatoms. The van der Waals surface area contributed by atoms with Crippen LogP contribution in [0, 0.1) is 13.8 Å². The average molecular weight is 259 g/mol. The Morgan fingerprint density at radius 2 is 2.00 bits per heavy atom. The maximum absolute atomic E-state index is 5.63. The van der Waals surface area contributed by atoms with Crippen molar-refractivity contribution in [2.45, 2.75) is 20.8 Å². The van der Waals surface area contributed by atoms with Crippen LogP contribution in [-0.2, 0) is 0 Å².